The third-order valence-corrected chi connectivity index (χ3v) is 7.10. The first-order valence-corrected chi connectivity index (χ1v) is 13.5. The number of unbranched alkanes of at least 4 members (excludes halogenated alkanes) is 1. The van der Waals surface area contributed by atoms with Gasteiger partial charge < -0.3 is 24.5 Å². The van der Waals surface area contributed by atoms with Crippen molar-refractivity contribution in [3.63, 3.8) is 0 Å². The third-order valence-electron chi connectivity index (χ3n) is 5.32. The van der Waals surface area contributed by atoms with Crippen LogP contribution in [0.4, 0.5) is 10.2 Å². The lowest BCUT2D eigenvalue weighted by atomic mass is 10.3. The second kappa shape index (κ2) is 11.8. The number of anilines is 1. The van der Waals surface area contributed by atoms with Gasteiger partial charge in [-0.25, -0.2) is 24.4 Å². The van der Waals surface area contributed by atoms with E-state index in [1.54, 1.807) is 30.3 Å². The molecule has 3 heterocycles. The van der Waals surface area contributed by atoms with Gasteiger partial charge >= 0.3 is 13.5 Å². The molecule has 37 heavy (non-hydrogen) atoms. The monoisotopic (exact) mass is 534 g/mol. The zero-order valence-corrected chi connectivity index (χ0v) is 21.2. The second-order valence-corrected chi connectivity index (χ2v) is 10.3. The lowest BCUT2D eigenvalue weighted by Gasteiger charge is -2.24. The molecule has 2 aromatic heterocycles. The van der Waals surface area contributed by atoms with Crippen molar-refractivity contribution in [3.05, 3.63) is 54.9 Å². The number of rotatable bonds is 12. The van der Waals surface area contributed by atoms with Gasteiger partial charge in [0, 0.05) is 6.08 Å². The molecule has 4 rings (SSSR count). The molecule has 1 aliphatic heterocycles. The highest BCUT2D eigenvalue weighted by atomic mass is 31.2. The summed E-state index contributed by atoms with van der Waals surface area (Å²) in [4.78, 5) is 24.4. The van der Waals surface area contributed by atoms with E-state index in [2.05, 4.69) is 20.0 Å². The molecule has 0 spiro atoms. The van der Waals surface area contributed by atoms with Crippen molar-refractivity contribution < 1.29 is 32.5 Å². The Labute approximate surface area is 212 Å². The van der Waals surface area contributed by atoms with E-state index in [9.17, 15) is 13.8 Å². The van der Waals surface area contributed by atoms with Crippen molar-refractivity contribution in [2.24, 2.45) is 0 Å². The van der Waals surface area contributed by atoms with Gasteiger partial charge in [0.05, 0.1) is 12.9 Å². The van der Waals surface area contributed by atoms with E-state index in [1.165, 1.54) is 24.1 Å². The first kappa shape index (κ1) is 26.7. The van der Waals surface area contributed by atoms with Crippen molar-refractivity contribution in [2.75, 3.05) is 18.7 Å². The zero-order valence-electron chi connectivity index (χ0n) is 20.3. The Hall–Kier alpha value is -3.38. The smallest absolute Gasteiger partial charge is 0.342 e. The number of benzene rings is 1. The Kier molecular flexibility index (Phi) is 8.49. The number of nitrogens with two attached hydrogens (primary N) is 1. The number of ether oxygens (including phenoxy) is 3. The number of hydrogen-bond acceptors (Lipinski definition) is 10. The maximum atomic E-state index is 14.8. The van der Waals surface area contributed by atoms with E-state index in [1.807, 2.05) is 6.92 Å². The van der Waals surface area contributed by atoms with E-state index < -0.39 is 44.2 Å². The lowest BCUT2D eigenvalue weighted by molar-refractivity contribution is -0.145. The molecule has 14 heteroatoms. The molecule has 0 saturated carbocycles. The number of nitrogen functional groups attached to an aromatic ring is 1. The standard InChI is InChI=1S/C23H28FN6O6P/c1-3-4-10-33-23(31)15(2)29-37(32,36-16-8-6-5-7-9-16)14-34-18-11-17(24)22(35-18)30-13-28-19-20(25)26-12-27-21(19)30/h5-9,11-13,15,18,22H,3-4,10,14H2,1-2H3,(H,29,32)(H2,25,26,27)/t15?,18-,22+,37?/m0/s1. The highest BCUT2D eigenvalue weighted by molar-refractivity contribution is 7.57. The number of fused-ring (bicyclic) bond motifs is 1. The molecular weight excluding hydrogens is 506 g/mol. The van der Waals surface area contributed by atoms with Crippen LogP contribution in [0, 0.1) is 0 Å². The summed E-state index contributed by atoms with van der Waals surface area (Å²) >= 11 is 0. The average Bonchev–Trinajstić information content (AvgIpc) is 3.47. The summed E-state index contributed by atoms with van der Waals surface area (Å²) in [5, 5.41) is 2.69. The SMILES string of the molecule is CCCCOC(=O)C(C)NP(=O)(CO[C@@H]1C=C(F)[C@H](n2cnc3c(N)ncnc32)O1)Oc1ccccc1. The molecule has 12 nitrogen and oxygen atoms in total. The van der Waals surface area contributed by atoms with Crippen molar-refractivity contribution in [1.29, 1.82) is 0 Å². The van der Waals surface area contributed by atoms with E-state index in [0.717, 1.165) is 12.5 Å². The largest absolute Gasteiger partial charge is 0.465 e. The summed E-state index contributed by atoms with van der Waals surface area (Å²) in [7, 11) is -3.85. The van der Waals surface area contributed by atoms with Crippen molar-refractivity contribution in [2.45, 2.75) is 45.2 Å². The van der Waals surface area contributed by atoms with E-state index in [-0.39, 0.29) is 18.1 Å². The predicted octanol–water partition coefficient (Wildman–Crippen LogP) is 3.68. The van der Waals surface area contributed by atoms with E-state index in [0.29, 0.717) is 17.7 Å². The van der Waals surface area contributed by atoms with Gasteiger partial charge in [0.15, 0.2) is 36.2 Å². The molecule has 0 radical (unpaired) electrons. The fourth-order valence-corrected chi connectivity index (χ4v) is 5.16. The summed E-state index contributed by atoms with van der Waals surface area (Å²) in [6, 6.07) is 7.45. The van der Waals surface area contributed by atoms with Gasteiger partial charge in [0.1, 0.15) is 23.6 Å². The van der Waals surface area contributed by atoms with Crippen LogP contribution in [-0.4, -0.2) is 50.8 Å². The minimum absolute atomic E-state index is 0.145. The summed E-state index contributed by atoms with van der Waals surface area (Å²) in [5.41, 5.74) is 6.37. The van der Waals surface area contributed by atoms with Crippen molar-refractivity contribution >= 4 is 30.5 Å². The van der Waals surface area contributed by atoms with Gasteiger partial charge in [-0.1, -0.05) is 31.5 Å². The number of nitrogens with one attached hydrogen (secondary N) is 1. The Morgan fingerprint density at radius 1 is 1.30 bits per heavy atom. The normalized spacial score (nSPS) is 19.8. The number of carbonyl (C=O) groups is 1. The minimum Gasteiger partial charge on any atom is -0.465 e. The van der Waals surface area contributed by atoms with Gasteiger partial charge in [-0.15, -0.1) is 0 Å². The highest BCUT2D eigenvalue weighted by Crippen LogP contribution is 2.45. The molecule has 3 N–H and O–H groups in total. The fraction of sp³-hybridized carbons (Fsp3) is 0.391. The molecule has 1 aliphatic rings. The summed E-state index contributed by atoms with van der Waals surface area (Å²) in [6.07, 6.45) is 2.27. The number of nitrogens with zero attached hydrogens (tertiary/aromatic N) is 4. The molecule has 1 aromatic carbocycles. The number of para-hydroxylation sites is 1. The molecule has 0 fully saturated rings. The number of aromatic nitrogens is 4. The summed E-state index contributed by atoms with van der Waals surface area (Å²) in [5.74, 6) is -0.809. The van der Waals surface area contributed by atoms with Gasteiger partial charge in [-0.3, -0.25) is 13.9 Å². The van der Waals surface area contributed by atoms with Crippen molar-refractivity contribution in [1.82, 2.24) is 24.6 Å². The Morgan fingerprint density at radius 2 is 2.08 bits per heavy atom. The Balaban J connectivity index is 1.45. The number of hydrogen-bond donors (Lipinski definition) is 2. The van der Waals surface area contributed by atoms with Crippen LogP contribution in [0.5, 0.6) is 5.75 Å². The number of halogens is 1. The van der Waals surface area contributed by atoms with Crippen LogP contribution in [0.25, 0.3) is 11.2 Å². The average molecular weight is 534 g/mol. The summed E-state index contributed by atoms with van der Waals surface area (Å²) in [6.45, 7) is 3.73. The first-order chi connectivity index (χ1) is 17.8. The molecule has 198 valence electrons. The number of esters is 1. The minimum atomic E-state index is -3.85. The first-order valence-electron chi connectivity index (χ1n) is 11.6. The van der Waals surface area contributed by atoms with E-state index >= 15 is 0 Å². The molecule has 3 aromatic rings. The van der Waals surface area contributed by atoms with Gasteiger partial charge in [0.25, 0.3) is 0 Å². The second-order valence-electron chi connectivity index (χ2n) is 8.24. The van der Waals surface area contributed by atoms with Crippen LogP contribution in [-0.2, 0) is 23.6 Å². The van der Waals surface area contributed by atoms with Crippen LogP contribution in [0.3, 0.4) is 0 Å². The molecule has 4 atom stereocenters. The summed E-state index contributed by atoms with van der Waals surface area (Å²) < 4.78 is 52.1. The van der Waals surface area contributed by atoms with Gasteiger partial charge in [0.2, 0.25) is 0 Å². The Bertz CT molecular complexity index is 1310. The van der Waals surface area contributed by atoms with Crippen LogP contribution in [0.2, 0.25) is 0 Å². The van der Waals surface area contributed by atoms with Gasteiger partial charge in [-0.2, -0.15) is 0 Å². The van der Waals surface area contributed by atoms with Gasteiger partial charge in [-0.05, 0) is 25.5 Å². The maximum Gasteiger partial charge on any atom is 0.342 e. The number of carbonyl (C=O) groups excluding carboxylic acids is 1. The predicted molar refractivity (Wildman–Crippen MR) is 132 cm³/mol. The van der Waals surface area contributed by atoms with Crippen LogP contribution < -0.4 is 15.3 Å². The Morgan fingerprint density at radius 3 is 2.84 bits per heavy atom. The van der Waals surface area contributed by atoms with Crippen LogP contribution >= 0.6 is 7.52 Å². The topological polar surface area (TPSA) is 153 Å². The third kappa shape index (κ3) is 6.50. The molecule has 0 amide bonds. The molecule has 0 bridgehead atoms. The van der Waals surface area contributed by atoms with Crippen LogP contribution in [0.1, 0.15) is 32.9 Å². The molecule has 0 aliphatic carbocycles. The van der Waals surface area contributed by atoms with Crippen molar-refractivity contribution in [3.8, 4) is 5.75 Å². The van der Waals surface area contributed by atoms with Crippen LogP contribution in [0.15, 0.2) is 54.9 Å². The zero-order chi connectivity index (χ0) is 26.4. The maximum absolute atomic E-state index is 14.8. The quantitative estimate of drug-likeness (QED) is 0.199. The molecular formula is C23H28FN6O6P. The lowest BCUT2D eigenvalue weighted by Crippen LogP contribution is -2.36. The van der Waals surface area contributed by atoms with E-state index in [4.69, 9.17) is 24.5 Å². The fourth-order valence-electron chi connectivity index (χ4n) is 3.47. The molecule has 2 unspecified atom stereocenters. The highest BCUT2D eigenvalue weighted by Gasteiger charge is 2.36. The number of imidazole rings is 1. The molecule has 0 saturated heterocycles.